The molecule has 2 rings (SSSR count). The third-order valence-electron chi connectivity index (χ3n) is 2.60. The molecule has 4 nitrogen and oxygen atoms in total. The number of pyridine rings is 1. The Labute approximate surface area is 100 Å². The van der Waals surface area contributed by atoms with Crippen LogP contribution in [0.25, 0.3) is 10.9 Å². The van der Waals surface area contributed by atoms with Crippen LogP contribution in [0.5, 0.6) is 0 Å². The van der Waals surface area contributed by atoms with Gasteiger partial charge in [0.15, 0.2) is 0 Å². The Morgan fingerprint density at radius 3 is 2.47 bits per heavy atom. The molecule has 2 aromatic rings. The maximum absolute atomic E-state index is 11.8. The maximum atomic E-state index is 11.8. The Morgan fingerprint density at radius 1 is 1.06 bits per heavy atom. The quantitative estimate of drug-likeness (QED) is 0.752. The highest BCUT2D eigenvalue weighted by molar-refractivity contribution is 5.91. The van der Waals surface area contributed by atoms with Gasteiger partial charge < -0.3 is 4.90 Å². The second kappa shape index (κ2) is 4.41. The molecule has 1 heterocycles. The summed E-state index contributed by atoms with van der Waals surface area (Å²) in [5, 5.41) is 1.07. The number of nitrogens with zero attached hydrogens (tertiary/aromatic N) is 3. The van der Waals surface area contributed by atoms with Crippen molar-refractivity contribution in [3.8, 4) is 0 Å². The van der Waals surface area contributed by atoms with E-state index < -0.39 is 0 Å². The first kappa shape index (κ1) is 11.4. The number of anilines is 1. The summed E-state index contributed by atoms with van der Waals surface area (Å²) in [6, 6.07) is 11.6. The van der Waals surface area contributed by atoms with Crippen LogP contribution in [0.4, 0.5) is 10.6 Å². The third-order valence-corrected chi connectivity index (χ3v) is 2.60. The summed E-state index contributed by atoms with van der Waals surface area (Å²) in [7, 11) is 5.17. The molecule has 0 atom stereocenters. The van der Waals surface area contributed by atoms with E-state index in [0.717, 1.165) is 10.9 Å². The largest absolute Gasteiger partial charge is 0.330 e. The number of urea groups is 1. The molecule has 0 aliphatic rings. The number of aromatic nitrogens is 1. The number of fused-ring (bicyclic) bond motifs is 1. The van der Waals surface area contributed by atoms with Crippen LogP contribution in [0.2, 0.25) is 0 Å². The zero-order valence-corrected chi connectivity index (χ0v) is 10.2. The van der Waals surface area contributed by atoms with Crippen molar-refractivity contribution in [2.75, 3.05) is 26.0 Å². The van der Waals surface area contributed by atoms with Gasteiger partial charge in [0, 0.05) is 26.5 Å². The average molecular weight is 229 g/mol. The first-order chi connectivity index (χ1) is 8.09. The molecule has 4 heteroatoms. The number of amides is 2. The van der Waals surface area contributed by atoms with E-state index in [9.17, 15) is 4.79 Å². The van der Waals surface area contributed by atoms with E-state index in [0.29, 0.717) is 5.82 Å². The van der Waals surface area contributed by atoms with Gasteiger partial charge in [-0.05, 0) is 18.2 Å². The van der Waals surface area contributed by atoms with E-state index >= 15 is 0 Å². The number of rotatable bonds is 1. The second-order valence-corrected chi connectivity index (χ2v) is 4.10. The molecule has 0 N–H and O–H groups in total. The molecule has 0 unspecified atom stereocenters. The Balaban J connectivity index is 2.39. The lowest BCUT2D eigenvalue weighted by atomic mass is 10.2. The summed E-state index contributed by atoms with van der Waals surface area (Å²) in [5.41, 5.74) is 0.892. The Morgan fingerprint density at radius 2 is 1.76 bits per heavy atom. The smallest absolute Gasteiger partial charge is 0.324 e. The minimum absolute atomic E-state index is 0.0900. The summed E-state index contributed by atoms with van der Waals surface area (Å²) in [6.45, 7) is 0. The highest BCUT2D eigenvalue weighted by Crippen LogP contribution is 2.17. The van der Waals surface area contributed by atoms with E-state index in [2.05, 4.69) is 4.98 Å². The molecule has 0 aliphatic carbocycles. The molecule has 0 saturated carbocycles. The normalized spacial score (nSPS) is 10.3. The molecule has 17 heavy (non-hydrogen) atoms. The van der Waals surface area contributed by atoms with Crippen molar-refractivity contribution in [2.45, 2.75) is 0 Å². The van der Waals surface area contributed by atoms with E-state index in [-0.39, 0.29) is 6.03 Å². The van der Waals surface area contributed by atoms with Gasteiger partial charge >= 0.3 is 6.03 Å². The van der Waals surface area contributed by atoms with E-state index in [1.807, 2.05) is 36.4 Å². The highest BCUT2D eigenvalue weighted by atomic mass is 16.2. The highest BCUT2D eigenvalue weighted by Gasteiger charge is 2.13. The monoisotopic (exact) mass is 229 g/mol. The van der Waals surface area contributed by atoms with Crippen LogP contribution in [0, 0.1) is 0 Å². The van der Waals surface area contributed by atoms with Crippen LogP contribution >= 0.6 is 0 Å². The molecule has 0 spiro atoms. The molecule has 0 aliphatic heterocycles. The zero-order valence-electron chi connectivity index (χ0n) is 10.2. The van der Waals surface area contributed by atoms with E-state index in [1.54, 1.807) is 21.1 Å². The SMILES string of the molecule is CN(C)C(=O)N(C)c1ccc2ccccc2n1. The summed E-state index contributed by atoms with van der Waals surface area (Å²) < 4.78 is 0. The first-order valence-electron chi connectivity index (χ1n) is 5.40. The van der Waals surface area contributed by atoms with Gasteiger partial charge in [-0.15, -0.1) is 0 Å². The lowest BCUT2D eigenvalue weighted by Crippen LogP contribution is -2.36. The fraction of sp³-hybridized carbons (Fsp3) is 0.231. The molecule has 88 valence electrons. The van der Waals surface area contributed by atoms with Crippen molar-refractivity contribution >= 4 is 22.8 Å². The van der Waals surface area contributed by atoms with Gasteiger partial charge in [-0.2, -0.15) is 0 Å². The minimum atomic E-state index is -0.0900. The van der Waals surface area contributed by atoms with E-state index in [4.69, 9.17) is 0 Å². The number of benzene rings is 1. The fourth-order valence-corrected chi connectivity index (χ4v) is 1.64. The Hall–Kier alpha value is -2.10. The lowest BCUT2D eigenvalue weighted by molar-refractivity contribution is 0.225. The van der Waals surface area contributed by atoms with Crippen molar-refractivity contribution in [2.24, 2.45) is 0 Å². The van der Waals surface area contributed by atoms with Crippen LogP contribution in [-0.2, 0) is 0 Å². The van der Waals surface area contributed by atoms with Crippen molar-refractivity contribution in [1.29, 1.82) is 0 Å². The summed E-state index contributed by atoms with van der Waals surface area (Å²) >= 11 is 0. The van der Waals surface area contributed by atoms with Gasteiger partial charge in [0.05, 0.1) is 5.52 Å². The summed E-state index contributed by atoms with van der Waals surface area (Å²) in [6.07, 6.45) is 0. The fourth-order valence-electron chi connectivity index (χ4n) is 1.64. The van der Waals surface area contributed by atoms with Crippen LogP contribution in [0.1, 0.15) is 0 Å². The average Bonchev–Trinajstić information content (AvgIpc) is 2.36. The molecule has 2 amide bonds. The molecule has 1 aromatic heterocycles. The predicted octanol–water partition coefficient (Wildman–Crippen LogP) is 2.35. The minimum Gasteiger partial charge on any atom is -0.330 e. The molecule has 0 bridgehead atoms. The lowest BCUT2D eigenvalue weighted by Gasteiger charge is -2.21. The van der Waals surface area contributed by atoms with E-state index in [1.165, 1.54) is 9.80 Å². The van der Waals surface area contributed by atoms with Gasteiger partial charge in [0.2, 0.25) is 0 Å². The maximum Gasteiger partial charge on any atom is 0.324 e. The summed E-state index contributed by atoms with van der Waals surface area (Å²) in [5.74, 6) is 0.655. The van der Waals surface area contributed by atoms with Crippen LogP contribution in [0.3, 0.4) is 0 Å². The molecule has 0 radical (unpaired) electrons. The van der Waals surface area contributed by atoms with Crippen molar-refractivity contribution in [1.82, 2.24) is 9.88 Å². The Kier molecular flexibility index (Phi) is 2.95. The van der Waals surface area contributed by atoms with Gasteiger partial charge in [-0.1, -0.05) is 18.2 Å². The Bertz CT molecular complexity index is 551. The van der Waals surface area contributed by atoms with Crippen molar-refractivity contribution in [3.05, 3.63) is 36.4 Å². The number of hydrogen-bond donors (Lipinski definition) is 0. The molecular weight excluding hydrogens is 214 g/mol. The van der Waals surface area contributed by atoms with Gasteiger partial charge in [0.1, 0.15) is 5.82 Å². The molecule has 0 fully saturated rings. The summed E-state index contributed by atoms with van der Waals surface area (Å²) in [4.78, 5) is 19.3. The van der Waals surface area contributed by atoms with Gasteiger partial charge in [-0.3, -0.25) is 4.90 Å². The second-order valence-electron chi connectivity index (χ2n) is 4.10. The third kappa shape index (κ3) is 2.20. The standard InChI is InChI=1S/C13H15N3O/c1-15(2)13(17)16(3)12-9-8-10-6-4-5-7-11(10)14-12/h4-9H,1-3H3. The predicted molar refractivity (Wildman–Crippen MR) is 69.2 cm³/mol. The van der Waals surface area contributed by atoms with Crippen LogP contribution in [-0.4, -0.2) is 37.1 Å². The molecule has 0 saturated heterocycles. The topological polar surface area (TPSA) is 36.4 Å². The van der Waals surface area contributed by atoms with Crippen molar-refractivity contribution in [3.63, 3.8) is 0 Å². The number of carbonyl (C=O) groups is 1. The van der Waals surface area contributed by atoms with Crippen LogP contribution < -0.4 is 4.90 Å². The number of hydrogen-bond acceptors (Lipinski definition) is 2. The van der Waals surface area contributed by atoms with Gasteiger partial charge in [0.25, 0.3) is 0 Å². The van der Waals surface area contributed by atoms with Crippen molar-refractivity contribution < 1.29 is 4.79 Å². The van der Waals surface area contributed by atoms with Gasteiger partial charge in [-0.25, -0.2) is 9.78 Å². The number of para-hydroxylation sites is 1. The van der Waals surface area contributed by atoms with Crippen LogP contribution in [0.15, 0.2) is 36.4 Å². The number of carbonyl (C=O) groups excluding carboxylic acids is 1. The first-order valence-corrected chi connectivity index (χ1v) is 5.40. The molecule has 1 aromatic carbocycles. The zero-order chi connectivity index (χ0) is 12.4. The molecular formula is C13H15N3O.